The summed E-state index contributed by atoms with van der Waals surface area (Å²) in [5.74, 6) is -1.06. The van der Waals surface area contributed by atoms with Crippen molar-refractivity contribution in [2.75, 3.05) is 6.54 Å². The molecule has 0 fully saturated rings. The molecule has 9 nitrogen and oxygen atoms in total. The molecule has 0 amide bonds. The van der Waals surface area contributed by atoms with Crippen molar-refractivity contribution in [3.05, 3.63) is 78.0 Å². The van der Waals surface area contributed by atoms with Crippen molar-refractivity contribution in [1.29, 1.82) is 0 Å². The van der Waals surface area contributed by atoms with Crippen LogP contribution in [-0.2, 0) is 14.8 Å². The average molecular weight is 451 g/mol. The van der Waals surface area contributed by atoms with Crippen molar-refractivity contribution in [3.8, 4) is 11.5 Å². The predicted molar refractivity (Wildman–Crippen MR) is 116 cm³/mol. The Morgan fingerprint density at radius 1 is 1.12 bits per heavy atom. The van der Waals surface area contributed by atoms with Gasteiger partial charge in [-0.25, -0.2) is 8.42 Å². The summed E-state index contributed by atoms with van der Waals surface area (Å²) in [6, 6.07) is 14.6. The standard InChI is InChI=1S/C22H17N3O6S/c26-18(14-5-8-17(9-6-14)32(29,30)24-13-21(27)28)10-7-16-12-23-25-22(16)20-11-15-3-1-2-4-19(15)31-20/h1-12,24H,13H2,(H,23,25)(H,27,28)/b10-7+. The lowest BCUT2D eigenvalue weighted by atomic mass is 10.1. The molecule has 0 spiro atoms. The summed E-state index contributed by atoms with van der Waals surface area (Å²) in [5.41, 5.74) is 2.27. The Labute approximate surface area is 182 Å². The third-order valence-corrected chi connectivity index (χ3v) is 6.03. The van der Waals surface area contributed by atoms with Crippen molar-refractivity contribution in [2.24, 2.45) is 0 Å². The molecular formula is C22H17N3O6S. The van der Waals surface area contributed by atoms with Gasteiger partial charge in [-0.15, -0.1) is 0 Å². The number of hydrogen-bond donors (Lipinski definition) is 3. The van der Waals surface area contributed by atoms with Gasteiger partial charge >= 0.3 is 5.97 Å². The molecule has 10 heteroatoms. The molecule has 0 unspecified atom stereocenters. The maximum atomic E-state index is 12.5. The number of benzene rings is 2. The van der Waals surface area contributed by atoms with E-state index in [1.807, 2.05) is 35.1 Å². The number of aliphatic carboxylic acids is 1. The third-order valence-electron chi connectivity index (χ3n) is 4.62. The molecule has 2 aromatic carbocycles. The molecule has 0 bridgehead atoms. The minimum absolute atomic E-state index is 0.138. The zero-order valence-corrected chi connectivity index (χ0v) is 17.3. The van der Waals surface area contributed by atoms with Gasteiger partial charge in [0.15, 0.2) is 11.5 Å². The van der Waals surface area contributed by atoms with E-state index in [0.29, 0.717) is 17.0 Å². The summed E-state index contributed by atoms with van der Waals surface area (Å²) in [6.45, 7) is -0.732. The Hall–Kier alpha value is -4.02. The normalized spacial score (nSPS) is 11.9. The fraction of sp³-hybridized carbons (Fsp3) is 0.0455. The van der Waals surface area contributed by atoms with Gasteiger partial charge < -0.3 is 9.52 Å². The van der Waals surface area contributed by atoms with Gasteiger partial charge in [-0.1, -0.05) is 18.2 Å². The topological polar surface area (TPSA) is 142 Å². The summed E-state index contributed by atoms with van der Waals surface area (Å²) in [4.78, 5) is 22.9. The van der Waals surface area contributed by atoms with Gasteiger partial charge in [-0.3, -0.25) is 14.7 Å². The number of sulfonamides is 1. The molecule has 0 aliphatic heterocycles. The second kappa shape index (κ2) is 8.61. The molecule has 0 atom stereocenters. The SMILES string of the molecule is O=C(O)CNS(=O)(=O)c1ccc(C(=O)/C=C/c2cn[nH]c2-c2cc3ccccc3o2)cc1. The zero-order valence-electron chi connectivity index (χ0n) is 16.5. The lowest BCUT2D eigenvalue weighted by Gasteiger charge is -2.05. The van der Waals surface area contributed by atoms with Crippen LogP contribution in [0.1, 0.15) is 15.9 Å². The van der Waals surface area contributed by atoms with E-state index < -0.39 is 22.5 Å². The lowest BCUT2D eigenvalue weighted by molar-refractivity contribution is -0.135. The van der Waals surface area contributed by atoms with E-state index in [2.05, 4.69) is 10.2 Å². The maximum Gasteiger partial charge on any atom is 0.318 e. The van der Waals surface area contributed by atoms with Crippen LogP contribution in [0, 0.1) is 0 Å². The first kappa shape index (κ1) is 21.2. The van der Waals surface area contributed by atoms with E-state index in [1.54, 1.807) is 12.3 Å². The third kappa shape index (κ3) is 4.51. The highest BCUT2D eigenvalue weighted by Crippen LogP contribution is 2.29. The molecule has 0 aliphatic rings. The first-order chi connectivity index (χ1) is 15.3. The Bertz CT molecular complexity index is 1400. The first-order valence-electron chi connectivity index (χ1n) is 9.40. The number of carbonyl (C=O) groups is 2. The van der Waals surface area contributed by atoms with Crippen LogP contribution in [0.2, 0.25) is 0 Å². The van der Waals surface area contributed by atoms with Crippen molar-refractivity contribution in [3.63, 3.8) is 0 Å². The summed E-state index contributed by atoms with van der Waals surface area (Å²) >= 11 is 0. The zero-order chi connectivity index (χ0) is 22.7. The second-order valence-corrected chi connectivity index (χ2v) is 8.56. The number of aromatic amines is 1. The fourth-order valence-corrected chi connectivity index (χ4v) is 4.00. The van der Waals surface area contributed by atoms with E-state index in [0.717, 1.165) is 11.0 Å². The molecule has 0 radical (unpaired) electrons. The van der Waals surface area contributed by atoms with E-state index in [-0.39, 0.29) is 16.2 Å². The van der Waals surface area contributed by atoms with Gasteiger partial charge in [0.2, 0.25) is 10.0 Å². The monoisotopic (exact) mass is 451 g/mol. The van der Waals surface area contributed by atoms with Gasteiger partial charge in [-0.2, -0.15) is 9.82 Å². The number of aromatic nitrogens is 2. The number of fused-ring (bicyclic) bond motifs is 1. The fourth-order valence-electron chi connectivity index (χ4n) is 3.02. The predicted octanol–water partition coefficient (Wildman–Crippen LogP) is 3.08. The number of para-hydroxylation sites is 1. The highest BCUT2D eigenvalue weighted by atomic mass is 32.2. The number of carboxylic acids is 1. The van der Waals surface area contributed by atoms with Crippen molar-refractivity contribution in [2.45, 2.75) is 4.90 Å². The summed E-state index contributed by atoms with van der Waals surface area (Å²) < 4.78 is 31.9. The minimum Gasteiger partial charge on any atom is -0.480 e. The van der Waals surface area contributed by atoms with Crippen molar-refractivity contribution < 1.29 is 27.5 Å². The van der Waals surface area contributed by atoms with Crippen molar-refractivity contribution >= 4 is 38.8 Å². The Kier molecular flexibility index (Phi) is 5.71. The van der Waals surface area contributed by atoms with Crippen LogP contribution in [0.4, 0.5) is 0 Å². The number of nitrogens with zero attached hydrogens (tertiary/aromatic N) is 1. The average Bonchev–Trinajstić information content (AvgIpc) is 3.42. The Balaban J connectivity index is 1.51. The van der Waals surface area contributed by atoms with Gasteiger partial charge in [0.1, 0.15) is 17.8 Å². The molecule has 2 heterocycles. The number of allylic oxidation sites excluding steroid dienone is 1. The van der Waals surface area contributed by atoms with Crippen molar-refractivity contribution in [1.82, 2.24) is 14.9 Å². The van der Waals surface area contributed by atoms with Gasteiger partial charge in [-0.05, 0) is 48.6 Å². The van der Waals surface area contributed by atoms with Crippen LogP contribution < -0.4 is 4.72 Å². The van der Waals surface area contributed by atoms with Crippen LogP contribution in [0.5, 0.6) is 0 Å². The van der Waals surface area contributed by atoms with Crippen LogP contribution in [-0.4, -0.2) is 42.0 Å². The molecular weight excluding hydrogens is 434 g/mol. The van der Waals surface area contributed by atoms with E-state index in [9.17, 15) is 18.0 Å². The maximum absolute atomic E-state index is 12.5. The Morgan fingerprint density at radius 3 is 2.59 bits per heavy atom. The number of ketones is 1. The van der Waals surface area contributed by atoms with Crippen LogP contribution >= 0.6 is 0 Å². The molecule has 0 saturated heterocycles. The molecule has 4 rings (SSSR count). The molecule has 32 heavy (non-hydrogen) atoms. The Morgan fingerprint density at radius 2 is 1.88 bits per heavy atom. The number of carboxylic acid groups (broad SMARTS) is 1. The van der Waals surface area contributed by atoms with E-state index in [1.165, 1.54) is 30.3 Å². The number of hydrogen-bond acceptors (Lipinski definition) is 6. The molecule has 0 saturated carbocycles. The van der Waals surface area contributed by atoms with Gasteiger partial charge in [0.25, 0.3) is 0 Å². The quantitative estimate of drug-likeness (QED) is 0.276. The van der Waals surface area contributed by atoms with Gasteiger partial charge in [0.05, 0.1) is 11.1 Å². The number of rotatable bonds is 8. The van der Waals surface area contributed by atoms with Crippen LogP contribution in [0.15, 0.2) is 76.2 Å². The second-order valence-electron chi connectivity index (χ2n) is 6.79. The number of furan rings is 1. The summed E-state index contributed by atoms with van der Waals surface area (Å²) in [7, 11) is -3.98. The van der Waals surface area contributed by atoms with E-state index in [4.69, 9.17) is 9.52 Å². The highest BCUT2D eigenvalue weighted by Gasteiger charge is 2.16. The minimum atomic E-state index is -3.98. The molecule has 3 N–H and O–H groups in total. The molecule has 0 aliphatic carbocycles. The molecule has 162 valence electrons. The molecule has 2 aromatic heterocycles. The summed E-state index contributed by atoms with van der Waals surface area (Å²) in [5, 5.41) is 16.4. The van der Waals surface area contributed by atoms with Crippen LogP contribution in [0.25, 0.3) is 28.5 Å². The number of H-pyrrole nitrogens is 1. The number of nitrogens with one attached hydrogen (secondary N) is 2. The van der Waals surface area contributed by atoms with Gasteiger partial charge in [0, 0.05) is 16.5 Å². The first-order valence-corrected chi connectivity index (χ1v) is 10.9. The highest BCUT2D eigenvalue weighted by molar-refractivity contribution is 7.89. The largest absolute Gasteiger partial charge is 0.480 e. The molecule has 4 aromatic rings. The number of carbonyl (C=O) groups excluding carboxylic acids is 1. The van der Waals surface area contributed by atoms with Crippen LogP contribution in [0.3, 0.4) is 0 Å². The summed E-state index contributed by atoms with van der Waals surface area (Å²) in [6.07, 6.45) is 4.51. The van der Waals surface area contributed by atoms with E-state index >= 15 is 0 Å². The lowest BCUT2D eigenvalue weighted by Crippen LogP contribution is -2.29. The smallest absolute Gasteiger partial charge is 0.318 e.